The maximum absolute atomic E-state index is 6.03. The Morgan fingerprint density at radius 1 is 1.20 bits per heavy atom. The fourth-order valence-electron chi connectivity index (χ4n) is 2.22. The normalized spacial score (nSPS) is 10.6. The Labute approximate surface area is 130 Å². The van der Waals surface area contributed by atoms with Crippen LogP contribution in [0.1, 0.15) is 23.9 Å². The first-order valence-electron chi connectivity index (χ1n) is 6.66. The number of nitrogens with zero attached hydrogens (tertiary/aromatic N) is 2. The summed E-state index contributed by atoms with van der Waals surface area (Å²) in [6, 6.07) is 11.9. The van der Waals surface area contributed by atoms with E-state index in [9.17, 15) is 0 Å². The number of aromatic nitrogens is 1. The molecule has 0 radical (unpaired) electrons. The van der Waals surface area contributed by atoms with E-state index < -0.39 is 0 Å². The first-order chi connectivity index (χ1) is 9.63. The number of aryl methyl sites for hydroxylation is 1. The number of hydrogen-bond acceptors (Lipinski definition) is 2. The summed E-state index contributed by atoms with van der Waals surface area (Å²) in [7, 11) is 0. The van der Waals surface area contributed by atoms with Gasteiger partial charge in [0, 0.05) is 28.8 Å². The Bertz CT molecular complexity index is 584. The van der Waals surface area contributed by atoms with Crippen LogP contribution in [-0.2, 0) is 12.4 Å². The van der Waals surface area contributed by atoms with E-state index in [1.807, 2.05) is 43.3 Å². The molecule has 0 unspecified atom stereocenters. The number of anilines is 1. The minimum atomic E-state index is 0.452. The highest BCUT2D eigenvalue weighted by molar-refractivity contribution is 6.30. The zero-order valence-electron chi connectivity index (χ0n) is 11.7. The fourth-order valence-corrected chi connectivity index (χ4v) is 2.63. The lowest BCUT2D eigenvalue weighted by Gasteiger charge is -2.25. The van der Waals surface area contributed by atoms with Crippen molar-refractivity contribution in [3.63, 3.8) is 0 Å². The molecule has 4 heteroatoms. The van der Waals surface area contributed by atoms with Gasteiger partial charge in [-0.2, -0.15) is 0 Å². The zero-order valence-corrected chi connectivity index (χ0v) is 13.2. The van der Waals surface area contributed by atoms with Crippen molar-refractivity contribution >= 4 is 28.9 Å². The molecule has 0 saturated carbocycles. The summed E-state index contributed by atoms with van der Waals surface area (Å²) in [4.78, 5) is 6.82. The van der Waals surface area contributed by atoms with Crippen LogP contribution in [0.2, 0.25) is 5.02 Å². The zero-order chi connectivity index (χ0) is 14.5. The molecule has 2 nitrogen and oxygen atoms in total. The second-order valence-electron chi connectivity index (χ2n) is 4.69. The Balaban J connectivity index is 2.28. The number of benzene rings is 1. The summed E-state index contributed by atoms with van der Waals surface area (Å²) in [6.45, 7) is 5.79. The van der Waals surface area contributed by atoms with Crippen LogP contribution < -0.4 is 4.90 Å². The summed E-state index contributed by atoms with van der Waals surface area (Å²) < 4.78 is 0. The molecule has 0 fully saturated rings. The van der Waals surface area contributed by atoms with Crippen LogP contribution in [0.15, 0.2) is 36.4 Å². The van der Waals surface area contributed by atoms with E-state index in [0.29, 0.717) is 10.9 Å². The van der Waals surface area contributed by atoms with Crippen molar-refractivity contribution in [2.45, 2.75) is 26.3 Å². The average Bonchev–Trinajstić information content (AvgIpc) is 2.45. The molecule has 1 aromatic heterocycles. The van der Waals surface area contributed by atoms with Gasteiger partial charge < -0.3 is 4.90 Å². The maximum Gasteiger partial charge on any atom is 0.0602 e. The van der Waals surface area contributed by atoms with Gasteiger partial charge in [0.25, 0.3) is 0 Å². The van der Waals surface area contributed by atoms with E-state index >= 15 is 0 Å². The molecule has 0 atom stereocenters. The lowest BCUT2D eigenvalue weighted by atomic mass is 10.1. The van der Waals surface area contributed by atoms with Gasteiger partial charge in [-0.15, -0.1) is 11.6 Å². The molecule has 2 rings (SSSR count). The molecule has 0 aliphatic heterocycles. The van der Waals surface area contributed by atoms with E-state index in [1.54, 1.807) is 0 Å². The van der Waals surface area contributed by atoms with E-state index in [2.05, 4.69) is 16.8 Å². The van der Waals surface area contributed by atoms with Gasteiger partial charge >= 0.3 is 0 Å². The standard InChI is InChI=1S/C16H18Cl2N2/c1-3-20(11-15-6-4-5-12(2)19-15)16-8-7-14(18)9-13(16)10-17/h4-9H,3,10-11H2,1-2H3. The van der Waals surface area contributed by atoms with Crippen LogP contribution in [-0.4, -0.2) is 11.5 Å². The topological polar surface area (TPSA) is 16.1 Å². The van der Waals surface area contributed by atoms with E-state index in [0.717, 1.165) is 35.7 Å². The minimum Gasteiger partial charge on any atom is -0.366 e. The van der Waals surface area contributed by atoms with Crippen molar-refractivity contribution in [1.82, 2.24) is 4.98 Å². The van der Waals surface area contributed by atoms with Gasteiger partial charge in [-0.3, -0.25) is 4.98 Å². The fraction of sp³-hybridized carbons (Fsp3) is 0.312. The predicted molar refractivity (Wildman–Crippen MR) is 86.7 cm³/mol. The lowest BCUT2D eigenvalue weighted by molar-refractivity contribution is 0.802. The van der Waals surface area contributed by atoms with Crippen LogP contribution in [0, 0.1) is 6.92 Å². The summed E-state index contributed by atoms with van der Waals surface area (Å²) in [5, 5.41) is 0.717. The van der Waals surface area contributed by atoms with Gasteiger partial charge in [-0.1, -0.05) is 17.7 Å². The van der Waals surface area contributed by atoms with Gasteiger partial charge in [0.05, 0.1) is 12.2 Å². The molecule has 1 aromatic carbocycles. The average molecular weight is 309 g/mol. The van der Waals surface area contributed by atoms with Gasteiger partial charge in [0.1, 0.15) is 0 Å². The molecular formula is C16H18Cl2N2. The van der Waals surface area contributed by atoms with E-state index in [4.69, 9.17) is 23.2 Å². The smallest absolute Gasteiger partial charge is 0.0602 e. The highest BCUT2D eigenvalue weighted by Gasteiger charge is 2.11. The molecule has 0 bridgehead atoms. The monoisotopic (exact) mass is 308 g/mol. The summed E-state index contributed by atoms with van der Waals surface area (Å²) in [5.74, 6) is 0.452. The second kappa shape index (κ2) is 6.96. The second-order valence-corrected chi connectivity index (χ2v) is 5.39. The van der Waals surface area contributed by atoms with Gasteiger partial charge in [0.15, 0.2) is 0 Å². The molecule has 0 N–H and O–H groups in total. The van der Waals surface area contributed by atoms with Crippen LogP contribution >= 0.6 is 23.2 Å². The van der Waals surface area contributed by atoms with Crippen LogP contribution in [0.3, 0.4) is 0 Å². The SMILES string of the molecule is CCN(Cc1cccc(C)n1)c1ccc(Cl)cc1CCl. The van der Waals surface area contributed by atoms with Crippen LogP contribution in [0.4, 0.5) is 5.69 Å². The van der Waals surface area contributed by atoms with Gasteiger partial charge in [-0.05, 0) is 49.7 Å². The van der Waals surface area contributed by atoms with Crippen molar-refractivity contribution in [2.75, 3.05) is 11.4 Å². The van der Waals surface area contributed by atoms with E-state index in [1.165, 1.54) is 0 Å². The van der Waals surface area contributed by atoms with E-state index in [-0.39, 0.29) is 0 Å². The largest absolute Gasteiger partial charge is 0.366 e. The summed E-state index contributed by atoms with van der Waals surface area (Å²) in [5.41, 5.74) is 4.26. The number of rotatable bonds is 5. The lowest BCUT2D eigenvalue weighted by Crippen LogP contribution is -2.23. The Morgan fingerprint density at radius 3 is 2.65 bits per heavy atom. The third kappa shape index (κ3) is 3.65. The van der Waals surface area contributed by atoms with Crippen molar-refractivity contribution < 1.29 is 0 Å². The Hall–Kier alpha value is -1.25. The number of hydrogen-bond donors (Lipinski definition) is 0. The Kier molecular flexibility index (Phi) is 5.27. The van der Waals surface area contributed by atoms with Crippen molar-refractivity contribution in [3.05, 3.63) is 58.4 Å². The number of alkyl halides is 1. The number of pyridine rings is 1. The third-order valence-electron chi connectivity index (χ3n) is 3.21. The van der Waals surface area contributed by atoms with Crippen molar-refractivity contribution in [2.24, 2.45) is 0 Å². The van der Waals surface area contributed by atoms with Gasteiger partial charge in [0.2, 0.25) is 0 Å². The molecule has 106 valence electrons. The molecule has 0 aliphatic rings. The first-order valence-corrected chi connectivity index (χ1v) is 7.57. The third-order valence-corrected chi connectivity index (χ3v) is 3.73. The molecule has 1 heterocycles. The molecule has 0 saturated heterocycles. The van der Waals surface area contributed by atoms with Crippen LogP contribution in [0.25, 0.3) is 0 Å². The molecule has 0 aliphatic carbocycles. The quantitative estimate of drug-likeness (QED) is 0.737. The van der Waals surface area contributed by atoms with Crippen molar-refractivity contribution in [3.8, 4) is 0 Å². The predicted octanol–water partition coefficient (Wildman–Crippen LogP) is 4.81. The molecule has 2 aromatic rings. The molecule has 20 heavy (non-hydrogen) atoms. The van der Waals surface area contributed by atoms with Crippen molar-refractivity contribution in [1.29, 1.82) is 0 Å². The molecular weight excluding hydrogens is 291 g/mol. The number of halogens is 2. The first kappa shape index (κ1) is 15.1. The Morgan fingerprint density at radius 2 is 2.00 bits per heavy atom. The minimum absolute atomic E-state index is 0.452. The highest BCUT2D eigenvalue weighted by atomic mass is 35.5. The van der Waals surface area contributed by atoms with Gasteiger partial charge in [-0.25, -0.2) is 0 Å². The van der Waals surface area contributed by atoms with Crippen LogP contribution in [0.5, 0.6) is 0 Å². The summed E-state index contributed by atoms with van der Waals surface area (Å²) in [6.07, 6.45) is 0. The molecule has 0 spiro atoms. The molecule has 0 amide bonds. The maximum atomic E-state index is 6.03. The summed E-state index contributed by atoms with van der Waals surface area (Å²) >= 11 is 12.1. The highest BCUT2D eigenvalue weighted by Crippen LogP contribution is 2.26.